The van der Waals surface area contributed by atoms with Crippen LogP contribution in [0.15, 0.2) is 17.1 Å². The van der Waals surface area contributed by atoms with E-state index < -0.39 is 22.9 Å². The number of nitrogens with zero attached hydrogens (tertiary/aromatic N) is 4. The number of carbonyl (C=O) groups is 2. The first-order valence-electron chi connectivity index (χ1n) is 10.9. The van der Waals surface area contributed by atoms with Crippen molar-refractivity contribution < 1.29 is 19.8 Å². The second-order valence-electron chi connectivity index (χ2n) is 9.43. The Bertz CT molecular complexity index is 1160. The fourth-order valence-corrected chi connectivity index (χ4v) is 3.95. The lowest BCUT2D eigenvalue weighted by molar-refractivity contribution is -0.125. The number of likely N-dealkylation sites (tertiary alicyclic amines) is 1. The van der Waals surface area contributed by atoms with Crippen molar-refractivity contribution in [1.82, 2.24) is 24.4 Å². The van der Waals surface area contributed by atoms with Crippen molar-refractivity contribution in [3.63, 3.8) is 0 Å². The lowest BCUT2D eigenvalue weighted by Gasteiger charge is -2.18. The molecule has 32 heavy (non-hydrogen) atoms. The SMILES string of the molecule is CC(C)Cn1c(O)c(C(=O)NC2CC2)c(=O)n2ncc(C=CC(=O)N3CCC(C)(O)C3)c12. The third kappa shape index (κ3) is 4.27. The van der Waals surface area contributed by atoms with E-state index >= 15 is 0 Å². The molecule has 1 atom stereocenters. The molecule has 3 heterocycles. The van der Waals surface area contributed by atoms with Crippen molar-refractivity contribution in [3.05, 3.63) is 33.8 Å². The van der Waals surface area contributed by atoms with Crippen LogP contribution in [0, 0.1) is 5.92 Å². The van der Waals surface area contributed by atoms with Crippen molar-refractivity contribution in [2.24, 2.45) is 5.92 Å². The summed E-state index contributed by atoms with van der Waals surface area (Å²) in [6.45, 7) is 6.65. The van der Waals surface area contributed by atoms with E-state index in [0.29, 0.717) is 30.7 Å². The molecule has 2 aliphatic rings. The highest BCUT2D eigenvalue weighted by Crippen LogP contribution is 2.25. The highest BCUT2D eigenvalue weighted by molar-refractivity contribution is 5.97. The normalized spacial score (nSPS) is 21.2. The number of aliphatic hydroxyl groups is 1. The van der Waals surface area contributed by atoms with E-state index in [1.165, 1.54) is 22.9 Å². The Kier molecular flexibility index (Phi) is 5.58. The summed E-state index contributed by atoms with van der Waals surface area (Å²) in [6.07, 6.45) is 6.55. The quantitative estimate of drug-likeness (QED) is 0.565. The van der Waals surface area contributed by atoms with Gasteiger partial charge in [0.1, 0.15) is 5.65 Å². The largest absolute Gasteiger partial charge is 0.494 e. The predicted molar refractivity (Wildman–Crippen MR) is 117 cm³/mol. The molecule has 0 radical (unpaired) electrons. The van der Waals surface area contributed by atoms with Crippen LogP contribution in [0.4, 0.5) is 0 Å². The van der Waals surface area contributed by atoms with Gasteiger partial charge in [-0.05, 0) is 38.2 Å². The number of β-amino-alcohol motifs (C(OH)–C–C–N with tert-alkyl or cyclic N) is 1. The first-order chi connectivity index (χ1) is 15.1. The molecule has 2 fully saturated rings. The topological polar surface area (TPSA) is 129 Å². The van der Waals surface area contributed by atoms with E-state index in [1.54, 1.807) is 11.8 Å². The van der Waals surface area contributed by atoms with E-state index in [-0.39, 0.29) is 30.0 Å². The second kappa shape index (κ2) is 8.09. The van der Waals surface area contributed by atoms with Crippen LogP contribution in [0.5, 0.6) is 5.88 Å². The van der Waals surface area contributed by atoms with Gasteiger partial charge in [-0.25, -0.2) is 0 Å². The lowest BCUT2D eigenvalue weighted by atomic mass is 10.1. The van der Waals surface area contributed by atoms with Crippen molar-refractivity contribution >= 4 is 23.5 Å². The van der Waals surface area contributed by atoms with Crippen molar-refractivity contribution in [1.29, 1.82) is 0 Å². The second-order valence-corrected chi connectivity index (χ2v) is 9.43. The van der Waals surface area contributed by atoms with Gasteiger partial charge in [0.25, 0.3) is 11.5 Å². The Morgan fingerprint density at radius 1 is 1.38 bits per heavy atom. The Hall–Kier alpha value is -3.14. The third-order valence-electron chi connectivity index (χ3n) is 5.77. The van der Waals surface area contributed by atoms with Gasteiger partial charge >= 0.3 is 0 Å². The van der Waals surface area contributed by atoms with Gasteiger partial charge in [-0.15, -0.1) is 0 Å². The molecule has 0 spiro atoms. The molecule has 0 bridgehead atoms. The molecule has 2 amide bonds. The van der Waals surface area contributed by atoms with Crippen LogP contribution < -0.4 is 10.9 Å². The van der Waals surface area contributed by atoms with E-state index in [9.17, 15) is 24.6 Å². The summed E-state index contributed by atoms with van der Waals surface area (Å²) in [7, 11) is 0. The Morgan fingerprint density at radius 2 is 2.09 bits per heavy atom. The fraction of sp³-hybridized carbons (Fsp3) is 0.545. The number of aromatic hydroxyl groups is 1. The van der Waals surface area contributed by atoms with Crippen LogP contribution in [0.1, 0.15) is 56.0 Å². The zero-order valence-electron chi connectivity index (χ0n) is 18.5. The van der Waals surface area contributed by atoms with E-state index in [4.69, 9.17) is 0 Å². The number of amides is 2. The number of carbonyl (C=O) groups excluding carboxylic acids is 2. The Balaban J connectivity index is 1.74. The van der Waals surface area contributed by atoms with Crippen molar-refractivity contribution in [2.75, 3.05) is 13.1 Å². The molecule has 1 saturated carbocycles. The van der Waals surface area contributed by atoms with E-state index in [2.05, 4.69) is 10.4 Å². The van der Waals surface area contributed by atoms with E-state index in [0.717, 1.165) is 17.4 Å². The van der Waals surface area contributed by atoms with Crippen LogP contribution in [-0.2, 0) is 11.3 Å². The van der Waals surface area contributed by atoms with Crippen LogP contribution in [-0.4, -0.2) is 65.8 Å². The molecular weight excluding hydrogens is 414 g/mol. The summed E-state index contributed by atoms with van der Waals surface area (Å²) in [5.74, 6) is -1.18. The monoisotopic (exact) mass is 443 g/mol. The molecule has 1 saturated heterocycles. The molecule has 0 aromatic carbocycles. The van der Waals surface area contributed by atoms with Gasteiger partial charge in [-0.1, -0.05) is 13.8 Å². The standard InChI is InChI=1S/C22H29N5O5/c1-13(2)11-26-19-14(4-7-16(28)25-9-8-22(3,32)12-25)10-23-27(19)21(31)17(20(26)30)18(29)24-15-5-6-15/h4,7,10,13,15,30,32H,5-6,8-9,11-12H2,1-3H3,(H,24,29). The molecule has 2 aromatic heterocycles. The maximum Gasteiger partial charge on any atom is 0.291 e. The number of fused-ring (bicyclic) bond motifs is 1. The summed E-state index contributed by atoms with van der Waals surface area (Å²) in [5.41, 5.74) is -1.17. The van der Waals surface area contributed by atoms with Gasteiger partial charge in [0.15, 0.2) is 5.56 Å². The number of hydrogen-bond acceptors (Lipinski definition) is 6. The number of aromatic nitrogens is 3. The first-order valence-corrected chi connectivity index (χ1v) is 10.9. The summed E-state index contributed by atoms with van der Waals surface area (Å²) >= 11 is 0. The van der Waals surface area contributed by atoms with Gasteiger partial charge in [-0.3, -0.25) is 19.0 Å². The summed E-state index contributed by atoms with van der Waals surface area (Å²) in [4.78, 5) is 39.7. The molecule has 172 valence electrons. The van der Waals surface area contributed by atoms with Gasteiger partial charge in [0.05, 0.1) is 11.8 Å². The smallest absolute Gasteiger partial charge is 0.291 e. The van der Waals surface area contributed by atoms with Crippen LogP contribution in [0.3, 0.4) is 0 Å². The van der Waals surface area contributed by atoms with Crippen molar-refractivity contribution in [3.8, 4) is 5.88 Å². The highest BCUT2D eigenvalue weighted by atomic mass is 16.3. The third-order valence-corrected chi connectivity index (χ3v) is 5.77. The fourth-order valence-electron chi connectivity index (χ4n) is 3.95. The Morgan fingerprint density at radius 3 is 2.69 bits per heavy atom. The minimum absolute atomic E-state index is 0.0315. The summed E-state index contributed by atoms with van der Waals surface area (Å²) < 4.78 is 2.58. The average Bonchev–Trinajstić information content (AvgIpc) is 3.29. The van der Waals surface area contributed by atoms with Crippen LogP contribution >= 0.6 is 0 Å². The molecule has 2 aromatic rings. The molecule has 3 N–H and O–H groups in total. The minimum atomic E-state index is -0.894. The van der Waals surface area contributed by atoms with Gasteiger partial charge in [0, 0.05) is 37.3 Å². The molecule has 1 unspecified atom stereocenters. The molecular formula is C22H29N5O5. The molecule has 10 heteroatoms. The van der Waals surface area contributed by atoms with Crippen LogP contribution in [0.25, 0.3) is 11.7 Å². The maximum absolute atomic E-state index is 13.0. The Labute approximate surface area is 185 Å². The number of nitrogens with one attached hydrogen (secondary N) is 1. The predicted octanol–water partition coefficient (Wildman–Crippen LogP) is 0.746. The number of hydrogen-bond donors (Lipinski definition) is 3. The van der Waals surface area contributed by atoms with Crippen LogP contribution in [0.2, 0.25) is 0 Å². The highest BCUT2D eigenvalue weighted by Gasteiger charge is 2.33. The van der Waals surface area contributed by atoms with Crippen molar-refractivity contribution in [2.45, 2.75) is 58.2 Å². The molecule has 4 rings (SSSR count). The molecule has 1 aliphatic heterocycles. The maximum atomic E-state index is 13.0. The lowest BCUT2D eigenvalue weighted by Crippen LogP contribution is -2.34. The number of rotatable bonds is 6. The summed E-state index contributed by atoms with van der Waals surface area (Å²) in [5, 5.41) is 27.9. The van der Waals surface area contributed by atoms with E-state index in [1.807, 2.05) is 13.8 Å². The van der Waals surface area contributed by atoms with Gasteiger partial charge < -0.3 is 20.4 Å². The molecule has 1 aliphatic carbocycles. The minimum Gasteiger partial charge on any atom is -0.494 e. The zero-order chi connectivity index (χ0) is 23.2. The zero-order valence-corrected chi connectivity index (χ0v) is 18.5. The van der Waals surface area contributed by atoms with Gasteiger partial charge in [-0.2, -0.15) is 9.61 Å². The average molecular weight is 444 g/mol. The first kappa shape index (κ1) is 22.1. The molecule has 10 nitrogen and oxygen atoms in total. The van der Waals surface area contributed by atoms with Gasteiger partial charge in [0.2, 0.25) is 11.8 Å². The summed E-state index contributed by atoms with van der Waals surface area (Å²) in [6, 6.07) is 0.0315.